The third kappa shape index (κ3) is 5.49. The zero-order valence-corrected chi connectivity index (χ0v) is 14.6. The quantitative estimate of drug-likeness (QED) is 0.768. The van der Waals surface area contributed by atoms with Crippen LogP contribution in [-0.4, -0.2) is 21.1 Å². The van der Waals surface area contributed by atoms with Gasteiger partial charge in [0.05, 0.1) is 15.7 Å². The number of amides is 1. The Balaban J connectivity index is 2.61. The van der Waals surface area contributed by atoms with Crippen LogP contribution in [0.1, 0.15) is 27.2 Å². The van der Waals surface area contributed by atoms with Crippen molar-refractivity contribution in [3.8, 4) is 0 Å². The minimum Gasteiger partial charge on any atom is -0.399 e. The molecule has 0 bridgehead atoms. The number of benzene rings is 1. The van der Waals surface area contributed by atoms with Gasteiger partial charge in [0.2, 0.25) is 5.91 Å². The van der Waals surface area contributed by atoms with E-state index >= 15 is 0 Å². The Morgan fingerprint density at radius 1 is 1.29 bits per heavy atom. The maximum absolute atomic E-state index is 12.0. The molecule has 7 heteroatoms. The molecule has 2 unspecified atom stereocenters. The zero-order valence-electron chi connectivity index (χ0n) is 12.3. The zero-order chi connectivity index (χ0) is 16.2. The number of hydrogen-bond acceptors (Lipinski definition) is 3. The molecule has 0 aliphatic carbocycles. The summed E-state index contributed by atoms with van der Waals surface area (Å²) in [4.78, 5) is 11.9. The summed E-state index contributed by atoms with van der Waals surface area (Å²) in [7, 11) is -1.03. The van der Waals surface area contributed by atoms with E-state index in [1.54, 1.807) is 0 Å². The molecule has 0 fully saturated rings. The fraction of sp³-hybridized carbons (Fsp3) is 0.500. The molecule has 0 saturated heterocycles. The normalized spacial score (nSPS) is 14.0. The molecule has 1 aromatic carbocycles. The van der Waals surface area contributed by atoms with Gasteiger partial charge in [-0.3, -0.25) is 9.00 Å². The molecule has 0 heterocycles. The molecule has 0 aliphatic rings. The van der Waals surface area contributed by atoms with Gasteiger partial charge in [-0.1, -0.05) is 44.0 Å². The van der Waals surface area contributed by atoms with Gasteiger partial charge in [0.25, 0.3) is 0 Å². The third-order valence-corrected chi connectivity index (χ3v) is 5.79. The van der Waals surface area contributed by atoms with Crippen molar-refractivity contribution in [2.75, 3.05) is 16.8 Å². The van der Waals surface area contributed by atoms with Crippen LogP contribution in [0.2, 0.25) is 10.0 Å². The summed E-state index contributed by atoms with van der Waals surface area (Å²) in [5.41, 5.74) is 6.36. The van der Waals surface area contributed by atoms with Gasteiger partial charge in [-0.25, -0.2) is 0 Å². The van der Waals surface area contributed by atoms with Gasteiger partial charge in [0.15, 0.2) is 0 Å². The number of nitrogen functional groups attached to an aromatic ring is 1. The van der Waals surface area contributed by atoms with E-state index in [-0.39, 0.29) is 27.6 Å². The molecule has 0 spiro atoms. The van der Waals surface area contributed by atoms with Crippen molar-refractivity contribution in [1.82, 2.24) is 0 Å². The Hall–Kier alpha value is -0.780. The van der Waals surface area contributed by atoms with E-state index in [0.717, 1.165) is 0 Å². The Bertz CT molecular complexity index is 527. The molecule has 1 aromatic rings. The number of hydrogen-bond donors (Lipinski definition) is 2. The lowest BCUT2D eigenvalue weighted by molar-refractivity contribution is -0.115. The van der Waals surface area contributed by atoms with E-state index in [0.29, 0.717) is 23.0 Å². The molecule has 0 aliphatic heterocycles. The molecule has 0 radical (unpaired) electrons. The van der Waals surface area contributed by atoms with Gasteiger partial charge in [-0.2, -0.15) is 0 Å². The van der Waals surface area contributed by atoms with Gasteiger partial charge < -0.3 is 11.1 Å². The van der Waals surface area contributed by atoms with Crippen molar-refractivity contribution in [3.05, 3.63) is 22.2 Å². The van der Waals surface area contributed by atoms with Crippen LogP contribution < -0.4 is 11.1 Å². The average molecular weight is 351 g/mol. The Kier molecular flexibility index (Phi) is 6.97. The lowest BCUT2D eigenvalue weighted by atomic mass is 10.2. The van der Waals surface area contributed by atoms with Gasteiger partial charge in [0, 0.05) is 33.9 Å². The number of nitrogens with one attached hydrogen (secondary N) is 1. The van der Waals surface area contributed by atoms with Gasteiger partial charge in [-0.05, 0) is 18.1 Å². The van der Waals surface area contributed by atoms with Gasteiger partial charge in [-0.15, -0.1) is 0 Å². The first-order valence-corrected chi connectivity index (χ1v) is 8.77. The monoisotopic (exact) mass is 350 g/mol. The van der Waals surface area contributed by atoms with Crippen LogP contribution in [-0.2, 0) is 15.6 Å². The van der Waals surface area contributed by atoms with Crippen LogP contribution in [0, 0.1) is 5.92 Å². The SMILES string of the molecule is CC(C)C(C)S(=O)CCC(=O)Nc1c(Cl)cc(N)cc1Cl. The predicted octanol–water partition coefficient (Wildman–Crippen LogP) is 3.70. The summed E-state index contributed by atoms with van der Waals surface area (Å²) >= 11 is 12.0. The van der Waals surface area contributed by atoms with Crippen molar-refractivity contribution in [1.29, 1.82) is 0 Å². The number of carbonyl (C=O) groups is 1. The minimum atomic E-state index is -1.03. The van der Waals surface area contributed by atoms with Crippen LogP contribution in [0.25, 0.3) is 0 Å². The smallest absolute Gasteiger partial charge is 0.225 e. The molecule has 118 valence electrons. The van der Waals surface area contributed by atoms with Gasteiger partial charge >= 0.3 is 0 Å². The second-order valence-electron chi connectivity index (χ2n) is 5.19. The highest BCUT2D eigenvalue weighted by molar-refractivity contribution is 7.85. The first-order valence-electron chi connectivity index (χ1n) is 6.64. The summed E-state index contributed by atoms with van der Waals surface area (Å²) in [6, 6.07) is 3.03. The van der Waals surface area contributed by atoms with Crippen molar-refractivity contribution in [3.63, 3.8) is 0 Å². The molecular weight excluding hydrogens is 331 g/mol. The van der Waals surface area contributed by atoms with E-state index in [1.807, 2.05) is 20.8 Å². The van der Waals surface area contributed by atoms with Crippen molar-refractivity contribution >= 4 is 51.3 Å². The Morgan fingerprint density at radius 2 is 1.81 bits per heavy atom. The molecule has 3 N–H and O–H groups in total. The molecule has 21 heavy (non-hydrogen) atoms. The first kappa shape index (κ1) is 18.3. The predicted molar refractivity (Wildman–Crippen MR) is 91.4 cm³/mol. The molecular formula is C14H20Cl2N2O2S. The molecule has 1 rings (SSSR count). The number of carbonyl (C=O) groups excluding carboxylic acids is 1. The van der Waals surface area contributed by atoms with Crippen LogP contribution >= 0.6 is 23.2 Å². The minimum absolute atomic E-state index is 0.0569. The fourth-order valence-electron chi connectivity index (χ4n) is 1.60. The van der Waals surface area contributed by atoms with E-state index in [2.05, 4.69) is 5.32 Å². The molecule has 2 atom stereocenters. The summed E-state index contributed by atoms with van der Waals surface area (Å²) in [5, 5.41) is 3.26. The van der Waals surface area contributed by atoms with E-state index in [9.17, 15) is 9.00 Å². The largest absolute Gasteiger partial charge is 0.399 e. The molecule has 1 amide bonds. The highest BCUT2D eigenvalue weighted by Crippen LogP contribution is 2.32. The van der Waals surface area contributed by atoms with E-state index in [1.165, 1.54) is 12.1 Å². The standard InChI is InChI=1S/C14H20Cl2N2O2S/c1-8(2)9(3)21(20)5-4-13(19)18-14-11(15)6-10(17)7-12(14)16/h6-9H,4-5,17H2,1-3H3,(H,18,19). The highest BCUT2D eigenvalue weighted by Gasteiger charge is 2.17. The summed E-state index contributed by atoms with van der Waals surface area (Å²) in [6.07, 6.45) is 0.153. The fourth-order valence-corrected chi connectivity index (χ4v) is 3.56. The molecule has 0 aromatic heterocycles. The number of nitrogens with two attached hydrogens (primary N) is 1. The van der Waals surface area contributed by atoms with Crippen LogP contribution in [0.15, 0.2) is 12.1 Å². The summed E-state index contributed by atoms with van der Waals surface area (Å²) in [5.74, 6) is 0.359. The van der Waals surface area contributed by atoms with Crippen molar-refractivity contribution in [2.24, 2.45) is 5.92 Å². The van der Waals surface area contributed by atoms with Crippen LogP contribution in [0.5, 0.6) is 0 Å². The number of halogens is 2. The maximum atomic E-state index is 12.0. The lowest BCUT2D eigenvalue weighted by Crippen LogP contribution is -2.23. The van der Waals surface area contributed by atoms with Crippen LogP contribution in [0.3, 0.4) is 0 Å². The summed E-state index contributed by atoms with van der Waals surface area (Å²) < 4.78 is 12.0. The number of anilines is 2. The van der Waals surface area contributed by atoms with Crippen molar-refractivity contribution < 1.29 is 9.00 Å². The first-order chi connectivity index (χ1) is 9.72. The second-order valence-corrected chi connectivity index (χ2v) is 7.92. The Labute approximate surface area is 137 Å². The average Bonchev–Trinajstić information content (AvgIpc) is 2.39. The number of rotatable bonds is 6. The van der Waals surface area contributed by atoms with Gasteiger partial charge in [0.1, 0.15) is 0 Å². The van der Waals surface area contributed by atoms with Crippen LogP contribution in [0.4, 0.5) is 11.4 Å². The Morgan fingerprint density at radius 3 is 2.29 bits per heavy atom. The third-order valence-electron chi connectivity index (χ3n) is 3.21. The van der Waals surface area contributed by atoms with E-state index < -0.39 is 10.8 Å². The highest BCUT2D eigenvalue weighted by atomic mass is 35.5. The van der Waals surface area contributed by atoms with Crippen molar-refractivity contribution in [2.45, 2.75) is 32.4 Å². The molecule has 0 saturated carbocycles. The summed E-state index contributed by atoms with van der Waals surface area (Å²) in [6.45, 7) is 5.94. The maximum Gasteiger partial charge on any atom is 0.225 e. The lowest BCUT2D eigenvalue weighted by Gasteiger charge is -2.15. The topological polar surface area (TPSA) is 72.2 Å². The van der Waals surface area contributed by atoms with E-state index in [4.69, 9.17) is 28.9 Å². The molecule has 4 nitrogen and oxygen atoms in total. The second kappa shape index (κ2) is 8.01.